The van der Waals surface area contributed by atoms with Gasteiger partial charge in [-0.25, -0.2) is 8.42 Å². The zero-order valence-corrected chi connectivity index (χ0v) is 12.9. The van der Waals surface area contributed by atoms with Crippen LogP contribution < -0.4 is 0 Å². The van der Waals surface area contributed by atoms with Gasteiger partial charge in [0.05, 0.1) is 24.2 Å². The van der Waals surface area contributed by atoms with Gasteiger partial charge in [-0.1, -0.05) is 6.07 Å². The summed E-state index contributed by atoms with van der Waals surface area (Å²) in [5, 5.41) is 9.13. The van der Waals surface area contributed by atoms with Crippen molar-refractivity contribution in [2.24, 2.45) is 0 Å². The monoisotopic (exact) mass is 349 g/mol. The molecule has 0 spiro atoms. The number of rotatable bonds is 3. The first-order chi connectivity index (χ1) is 8.95. The van der Waals surface area contributed by atoms with Crippen LogP contribution in [0.1, 0.15) is 12.5 Å². The van der Waals surface area contributed by atoms with E-state index in [1.807, 2.05) is 6.92 Å². The average molecular weight is 350 g/mol. The number of hydrogen-bond donors (Lipinski definition) is 1. The van der Waals surface area contributed by atoms with Gasteiger partial charge in [0.1, 0.15) is 0 Å². The molecule has 2 rings (SSSR count). The number of aliphatic hydroxyl groups is 1. The second-order valence-corrected chi connectivity index (χ2v) is 7.23. The Morgan fingerprint density at radius 1 is 1.53 bits per heavy atom. The normalized spacial score (nSPS) is 21.5. The van der Waals surface area contributed by atoms with E-state index in [2.05, 4.69) is 15.9 Å². The predicted molar refractivity (Wildman–Crippen MR) is 74.2 cm³/mol. The fourth-order valence-corrected chi connectivity index (χ4v) is 4.46. The minimum absolute atomic E-state index is 0.108. The van der Waals surface area contributed by atoms with E-state index in [9.17, 15) is 8.42 Å². The number of halogens is 1. The minimum Gasteiger partial charge on any atom is -0.392 e. The Morgan fingerprint density at radius 2 is 2.26 bits per heavy atom. The first kappa shape index (κ1) is 14.9. The van der Waals surface area contributed by atoms with Gasteiger partial charge in [-0.2, -0.15) is 4.31 Å². The number of sulfonamides is 1. The molecule has 0 saturated carbocycles. The third kappa shape index (κ3) is 3.17. The summed E-state index contributed by atoms with van der Waals surface area (Å²) < 4.78 is 32.4. The molecule has 0 aromatic heterocycles. The SMILES string of the molecule is CC1CN(S(=O)(=O)c2cc(CO)ccc2Br)CCO1. The summed E-state index contributed by atoms with van der Waals surface area (Å²) in [6.45, 7) is 2.76. The largest absolute Gasteiger partial charge is 0.392 e. The topological polar surface area (TPSA) is 66.8 Å². The van der Waals surface area contributed by atoms with E-state index in [0.717, 1.165) is 0 Å². The van der Waals surface area contributed by atoms with Gasteiger partial charge in [0.25, 0.3) is 0 Å². The number of nitrogens with zero attached hydrogens (tertiary/aromatic N) is 1. The van der Waals surface area contributed by atoms with Crippen molar-refractivity contribution in [2.45, 2.75) is 24.5 Å². The van der Waals surface area contributed by atoms with Crippen molar-refractivity contribution in [3.05, 3.63) is 28.2 Å². The molecule has 19 heavy (non-hydrogen) atoms. The van der Waals surface area contributed by atoms with Crippen molar-refractivity contribution in [3.8, 4) is 0 Å². The molecule has 1 aliphatic rings. The highest BCUT2D eigenvalue weighted by atomic mass is 79.9. The van der Waals surface area contributed by atoms with Gasteiger partial charge in [-0.05, 0) is 40.5 Å². The van der Waals surface area contributed by atoms with Crippen LogP contribution in [0.2, 0.25) is 0 Å². The maximum Gasteiger partial charge on any atom is 0.244 e. The van der Waals surface area contributed by atoms with Gasteiger partial charge >= 0.3 is 0 Å². The number of morpholine rings is 1. The summed E-state index contributed by atoms with van der Waals surface area (Å²) >= 11 is 3.26. The second kappa shape index (κ2) is 5.88. The first-order valence-electron chi connectivity index (χ1n) is 5.96. The Kier molecular flexibility index (Phi) is 4.62. The standard InChI is InChI=1S/C12H16BrNO4S/c1-9-7-14(4-5-18-9)19(16,17)12-6-10(8-15)2-3-11(12)13/h2-3,6,9,15H,4-5,7-8H2,1H3. The molecule has 1 saturated heterocycles. The third-order valence-electron chi connectivity index (χ3n) is 3.00. The van der Waals surface area contributed by atoms with Gasteiger partial charge < -0.3 is 9.84 Å². The molecule has 0 radical (unpaired) electrons. The fourth-order valence-electron chi connectivity index (χ4n) is 1.99. The molecular weight excluding hydrogens is 334 g/mol. The molecule has 1 aromatic rings. The Balaban J connectivity index is 2.38. The maximum atomic E-state index is 12.6. The van der Waals surface area contributed by atoms with Gasteiger partial charge in [0, 0.05) is 17.6 Å². The third-order valence-corrected chi connectivity index (χ3v) is 5.86. The second-order valence-electron chi connectivity index (χ2n) is 4.47. The quantitative estimate of drug-likeness (QED) is 0.894. The maximum absolute atomic E-state index is 12.6. The number of aliphatic hydroxyl groups excluding tert-OH is 1. The molecular formula is C12H16BrNO4S. The first-order valence-corrected chi connectivity index (χ1v) is 8.19. The van der Waals surface area contributed by atoms with Crippen LogP contribution in [0.5, 0.6) is 0 Å². The van der Waals surface area contributed by atoms with Crippen LogP contribution in [0, 0.1) is 0 Å². The van der Waals surface area contributed by atoms with Crippen LogP contribution in [0.3, 0.4) is 0 Å². The molecule has 1 N–H and O–H groups in total. The highest BCUT2D eigenvalue weighted by molar-refractivity contribution is 9.10. The summed E-state index contributed by atoms with van der Waals surface area (Å²) in [6.07, 6.45) is -0.108. The Bertz CT molecular complexity index is 561. The Labute approximate surface area is 121 Å². The summed E-state index contributed by atoms with van der Waals surface area (Å²) in [6, 6.07) is 4.83. The van der Waals surface area contributed by atoms with Crippen LogP contribution in [-0.2, 0) is 21.4 Å². The predicted octanol–water partition coefficient (Wildman–Crippen LogP) is 1.35. The molecule has 106 valence electrons. The number of hydrogen-bond acceptors (Lipinski definition) is 4. The molecule has 1 atom stereocenters. The van der Waals surface area contributed by atoms with Gasteiger partial charge in [0.15, 0.2) is 0 Å². The Morgan fingerprint density at radius 3 is 2.89 bits per heavy atom. The van der Waals surface area contributed by atoms with Crippen LogP contribution in [-0.4, -0.2) is 43.6 Å². The smallest absolute Gasteiger partial charge is 0.244 e. The van der Waals surface area contributed by atoms with Crippen molar-refractivity contribution in [1.82, 2.24) is 4.31 Å². The van der Waals surface area contributed by atoms with Crippen molar-refractivity contribution in [2.75, 3.05) is 19.7 Å². The number of ether oxygens (including phenoxy) is 1. The molecule has 1 fully saturated rings. The lowest BCUT2D eigenvalue weighted by Crippen LogP contribution is -2.44. The van der Waals surface area contributed by atoms with E-state index >= 15 is 0 Å². The van der Waals surface area contributed by atoms with E-state index in [1.165, 1.54) is 10.4 Å². The van der Waals surface area contributed by atoms with E-state index in [0.29, 0.717) is 29.7 Å². The zero-order valence-electron chi connectivity index (χ0n) is 10.5. The lowest BCUT2D eigenvalue weighted by atomic mass is 10.2. The minimum atomic E-state index is -3.56. The van der Waals surface area contributed by atoms with E-state index in [1.54, 1.807) is 12.1 Å². The van der Waals surface area contributed by atoms with Gasteiger partial charge in [-0.15, -0.1) is 0 Å². The summed E-state index contributed by atoms with van der Waals surface area (Å²) in [5.74, 6) is 0. The lowest BCUT2D eigenvalue weighted by Gasteiger charge is -2.30. The van der Waals surface area contributed by atoms with Crippen molar-refractivity contribution >= 4 is 26.0 Å². The summed E-state index contributed by atoms with van der Waals surface area (Å²) in [7, 11) is -3.56. The molecule has 0 amide bonds. The van der Waals surface area contributed by atoms with Crippen LogP contribution in [0.15, 0.2) is 27.6 Å². The van der Waals surface area contributed by atoms with Crippen molar-refractivity contribution < 1.29 is 18.3 Å². The van der Waals surface area contributed by atoms with Gasteiger partial charge in [0.2, 0.25) is 10.0 Å². The molecule has 1 heterocycles. The molecule has 5 nitrogen and oxygen atoms in total. The molecule has 0 aliphatic carbocycles. The van der Waals surface area contributed by atoms with Crippen LogP contribution >= 0.6 is 15.9 Å². The highest BCUT2D eigenvalue weighted by Crippen LogP contribution is 2.27. The van der Waals surface area contributed by atoms with Crippen LogP contribution in [0.25, 0.3) is 0 Å². The molecule has 1 aromatic carbocycles. The van der Waals surface area contributed by atoms with Gasteiger partial charge in [-0.3, -0.25) is 0 Å². The molecule has 1 aliphatic heterocycles. The fraction of sp³-hybridized carbons (Fsp3) is 0.500. The van der Waals surface area contributed by atoms with Crippen LogP contribution in [0.4, 0.5) is 0 Å². The van der Waals surface area contributed by atoms with E-state index in [4.69, 9.17) is 9.84 Å². The average Bonchev–Trinajstić information content (AvgIpc) is 2.39. The summed E-state index contributed by atoms with van der Waals surface area (Å²) in [4.78, 5) is 0.188. The Hall–Kier alpha value is -0.470. The highest BCUT2D eigenvalue weighted by Gasteiger charge is 2.30. The lowest BCUT2D eigenvalue weighted by molar-refractivity contribution is 0.0101. The summed E-state index contributed by atoms with van der Waals surface area (Å²) in [5.41, 5.74) is 0.572. The zero-order chi connectivity index (χ0) is 14.0. The molecule has 7 heteroatoms. The van der Waals surface area contributed by atoms with Crippen molar-refractivity contribution in [3.63, 3.8) is 0 Å². The molecule has 1 unspecified atom stereocenters. The molecule has 0 bridgehead atoms. The van der Waals surface area contributed by atoms with E-state index in [-0.39, 0.29) is 17.6 Å². The number of benzene rings is 1. The van der Waals surface area contributed by atoms with Crippen molar-refractivity contribution in [1.29, 1.82) is 0 Å². The van der Waals surface area contributed by atoms with E-state index < -0.39 is 10.0 Å².